The van der Waals surface area contributed by atoms with E-state index >= 15 is 0 Å². The third-order valence-electron chi connectivity index (χ3n) is 3.95. The van der Waals surface area contributed by atoms with E-state index in [0.29, 0.717) is 18.4 Å². The van der Waals surface area contributed by atoms with Crippen molar-refractivity contribution in [3.05, 3.63) is 29.3 Å². The fourth-order valence-electron chi connectivity index (χ4n) is 2.94. The normalized spacial score (nSPS) is 18.3. The Morgan fingerprint density at radius 3 is 2.74 bits per heavy atom. The van der Waals surface area contributed by atoms with Gasteiger partial charge in [0.2, 0.25) is 0 Å². The quantitative estimate of drug-likeness (QED) is 0.895. The molecule has 3 heteroatoms. The lowest BCUT2D eigenvalue weighted by atomic mass is 9.81. The molecule has 1 unspecified atom stereocenters. The molecule has 19 heavy (non-hydrogen) atoms. The molecule has 1 aliphatic heterocycles. The van der Waals surface area contributed by atoms with Crippen molar-refractivity contribution in [2.24, 2.45) is 11.7 Å². The second kappa shape index (κ2) is 7.20. The van der Waals surface area contributed by atoms with Gasteiger partial charge < -0.3 is 10.5 Å². The van der Waals surface area contributed by atoms with E-state index < -0.39 is 0 Å². The highest BCUT2D eigenvalue weighted by atomic mass is 32.2. The molecule has 0 bridgehead atoms. The Bertz CT molecular complexity index is 402. The zero-order chi connectivity index (χ0) is 13.7. The minimum Gasteiger partial charge on any atom is -0.494 e. The third kappa shape index (κ3) is 3.67. The van der Waals surface area contributed by atoms with Gasteiger partial charge in [0, 0.05) is 5.92 Å². The number of nitrogens with two attached hydrogens (primary N) is 1. The number of aryl methyl sites for hydroxylation is 1. The molecular weight excluding hydrogens is 254 g/mol. The highest BCUT2D eigenvalue weighted by Crippen LogP contribution is 2.38. The number of thioether (sulfide) groups is 1. The Balaban J connectivity index is 2.27. The maximum atomic E-state index is 6.09. The van der Waals surface area contributed by atoms with Gasteiger partial charge in [-0.15, -0.1) is 0 Å². The predicted octanol–water partition coefficient (Wildman–Crippen LogP) is 3.58. The highest BCUT2D eigenvalue weighted by Gasteiger charge is 2.26. The third-order valence-corrected chi connectivity index (χ3v) is 5.00. The molecule has 2 nitrogen and oxygen atoms in total. The van der Waals surface area contributed by atoms with Gasteiger partial charge in [-0.25, -0.2) is 0 Å². The van der Waals surface area contributed by atoms with Gasteiger partial charge in [-0.3, -0.25) is 0 Å². The van der Waals surface area contributed by atoms with E-state index in [1.165, 1.54) is 35.5 Å². The van der Waals surface area contributed by atoms with Crippen LogP contribution in [-0.2, 0) is 0 Å². The molecule has 1 heterocycles. The average Bonchev–Trinajstić information content (AvgIpc) is 2.44. The largest absolute Gasteiger partial charge is 0.494 e. The van der Waals surface area contributed by atoms with E-state index in [0.717, 1.165) is 12.3 Å². The molecule has 0 saturated carbocycles. The van der Waals surface area contributed by atoms with Gasteiger partial charge in [0.05, 0.1) is 6.61 Å². The van der Waals surface area contributed by atoms with Crippen LogP contribution in [0.1, 0.15) is 36.8 Å². The topological polar surface area (TPSA) is 35.2 Å². The molecule has 0 aromatic heterocycles. The van der Waals surface area contributed by atoms with E-state index in [1.807, 2.05) is 6.92 Å². The molecule has 1 aromatic carbocycles. The number of benzene rings is 1. The van der Waals surface area contributed by atoms with Crippen molar-refractivity contribution >= 4 is 11.8 Å². The standard InChI is InChI=1S/C16H25NOS/c1-3-18-16-5-4-12(2)10-14(16)15(11-17)13-6-8-19-9-7-13/h4-5,10,13,15H,3,6-9,11,17H2,1-2H3. The molecule has 1 saturated heterocycles. The maximum Gasteiger partial charge on any atom is 0.122 e. The summed E-state index contributed by atoms with van der Waals surface area (Å²) in [5.41, 5.74) is 8.70. The second-order valence-corrected chi connectivity index (χ2v) is 6.49. The monoisotopic (exact) mass is 279 g/mol. The lowest BCUT2D eigenvalue weighted by Crippen LogP contribution is -2.25. The molecule has 106 valence electrons. The molecule has 1 aromatic rings. The minimum atomic E-state index is 0.447. The molecule has 1 fully saturated rings. The summed E-state index contributed by atoms with van der Waals surface area (Å²) in [5, 5.41) is 0. The van der Waals surface area contributed by atoms with Crippen LogP contribution in [0.4, 0.5) is 0 Å². The summed E-state index contributed by atoms with van der Waals surface area (Å²) in [6, 6.07) is 6.50. The fourth-order valence-corrected chi connectivity index (χ4v) is 4.08. The Hall–Kier alpha value is -0.670. The Labute approximate surface area is 121 Å². The van der Waals surface area contributed by atoms with Gasteiger partial charge in [-0.05, 0) is 62.3 Å². The van der Waals surface area contributed by atoms with Gasteiger partial charge in [0.1, 0.15) is 5.75 Å². The molecule has 1 aliphatic rings. The summed E-state index contributed by atoms with van der Waals surface area (Å²) < 4.78 is 5.80. The first-order chi connectivity index (χ1) is 9.26. The van der Waals surface area contributed by atoms with E-state index in [9.17, 15) is 0 Å². The number of hydrogen-bond acceptors (Lipinski definition) is 3. The van der Waals surface area contributed by atoms with Gasteiger partial charge >= 0.3 is 0 Å². The van der Waals surface area contributed by atoms with Gasteiger partial charge in [-0.2, -0.15) is 11.8 Å². The molecule has 2 N–H and O–H groups in total. The van der Waals surface area contributed by atoms with E-state index in [4.69, 9.17) is 10.5 Å². The summed E-state index contributed by atoms with van der Waals surface area (Å²) in [4.78, 5) is 0. The SMILES string of the molecule is CCOc1ccc(C)cc1C(CN)C1CCSCC1. The first-order valence-corrected chi connectivity index (χ1v) is 8.42. The van der Waals surface area contributed by atoms with Crippen LogP contribution in [0.2, 0.25) is 0 Å². The lowest BCUT2D eigenvalue weighted by Gasteiger charge is -2.30. The van der Waals surface area contributed by atoms with Crippen LogP contribution < -0.4 is 10.5 Å². The summed E-state index contributed by atoms with van der Waals surface area (Å²) in [5.74, 6) is 4.74. The van der Waals surface area contributed by atoms with Crippen molar-refractivity contribution in [3.8, 4) is 5.75 Å². The molecule has 0 spiro atoms. The molecule has 0 radical (unpaired) electrons. The second-order valence-electron chi connectivity index (χ2n) is 5.27. The molecular formula is C16H25NOS. The van der Waals surface area contributed by atoms with E-state index in [-0.39, 0.29) is 0 Å². The summed E-state index contributed by atoms with van der Waals surface area (Å²) in [6.45, 7) is 5.62. The van der Waals surface area contributed by atoms with E-state index in [2.05, 4.69) is 36.9 Å². The Morgan fingerprint density at radius 2 is 2.11 bits per heavy atom. The maximum absolute atomic E-state index is 6.09. The number of ether oxygens (including phenoxy) is 1. The summed E-state index contributed by atoms with van der Waals surface area (Å²) in [7, 11) is 0. The number of hydrogen-bond donors (Lipinski definition) is 1. The molecule has 1 atom stereocenters. The lowest BCUT2D eigenvalue weighted by molar-refractivity contribution is 0.323. The van der Waals surface area contributed by atoms with Gasteiger partial charge in [-0.1, -0.05) is 17.7 Å². The predicted molar refractivity (Wildman–Crippen MR) is 84.2 cm³/mol. The van der Waals surface area contributed by atoms with Crippen LogP contribution in [0.3, 0.4) is 0 Å². The first kappa shape index (κ1) is 14.7. The van der Waals surface area contributed by atoms with Crippen LogP contribution in [0.25, 0.3) is 0 Å². The van der Waals surface area contributed by atoms with Gasteiger partial charge in [0.25, 0.3) is 0 Å². The highest BCUT2D eigenvalue weighted by molar-refractivity contribution is 7.99. The van der Waals surface area contributed by atoms with Gasteiger partial charge in [0.15, 0.2) is 0 Å². The zero-order valence-electron chi connectivity index (χ0n) is 12.0. The molecule has 0 aliphatic carbocycles. The van der Waals surface area contributed by atoms with Crippen molar-refractivity contribution in [1.29, 1.82) is 0 Å². The number of rotatable bonds is 5. The van der Waals surface area contributed by atoms with Crippen LogP contribution in [0, 0.1) is 12.8 Å². The van der Waals surface area contributed by atoms with Crippen molar-refractivity contribution in [1.82, 2.24) is 0 Å². The summed E-state index contributed by atoms with van der Waals surface area (Å²) >= 11 is 2.07. The fraction of sp³-hybridized carbons (Fsp3) is 0.625. The summed E-state index contributed by atoms with van der Waals surface area (Å²) in [6.07, 6.45) is 2.57. The van der Waals surface area contributed by atoms with Crippen molar-refractivity contribution in [3.63, 3.8) is 0 Å². The van der Waals surface area contributed by atoms with Crippen LogP contribution >= 0.6 is 11.8 Å². The smallest absolute Gasteiger partial charge is 0.122 e. The zero-order valence-corrected chi connectivity index (χ0v) is 12.8. The minimum absolute atomic E-state index is 0.447. The van der Waals surface area contributed by atoms with Crippen molar-refractivity contribution < 1.29 is 4.74 Å². The Kier molecular flexibility index (Phi) is 5.59. The first-order valence-electron chi connectivity index (χ1n) is 7.27. The van der Waals surface area contributed by atoms with Crippen LogP contribution in [0.15, 0.2) is 18.2 Å². The molecule has 2 rings (SSSR count). The van der Waals surface area contributed by atoms with E-state index in [1.54, 1.807) is 0 Å². The van der Waals surface area contributed by atoms with Crippen LogP contribution in [-0.4, -0.2) is 24.7 Å². The Morgan fingerprint density at radius 1 is 1.37 bits per heavy atom. The average molecular weight is 279 g/mol. The molecule has 0 amide bonds. The van der Waals surface area contributed by atoms with Crippen molar-refractivity contribution in [2.75, 3.05) is 24.7 Å². The van der Waals surface area contributed by atoms with Crippen molar-refractivity contribution in [2.45, 2.75) is 32.6 Å². The van der Waals surface area contributed by atoms with Crippen LogP contribution in [0.5, 0.6) is 5.75 Å².